The highest BCUT2D eigenvalue weighted by molar-refractivity contribution is 7.99. The Morgan fingerprint density at radius 3 is 2.90 bits per heavy atom. The van der Waals surface area contributed by atoms with E-state index in [9.17, 15) is 9.18 Å². The van der Waals surface area contributed by atoms with Crippen molar-refractivity contribution < 1.29 is 14.3 Å². The van der Waals surface area contributed by atoms with Crippen molar-refractivity contribution in [3.05, 3.63) is 46.5 Å². The van der Waals surface area contributed by atoms with E-state index in [-0.39, 0.29) is 10.8 Å². The van der Waals surface area contributed by atoms with Gasteiger partial charge in [0.2, 0.25) is 0 Å². The number of aromatic nitrogens is 2. The number of rotatable bonds is 6. The summed E-state index contributed by atoms with van der Waals surface area (Å²) in [4.78, 5) is 14.9. The Balaban J connectivity index is 2.26. The van der Waals surface area contributed by atoms with E-state index < -0.39 is 11.8 Å². The lowest BCUT2D eigenvalue weighted by Gasteiger charge is -2.11. The number of halogens is 2. The van der Waals surface area contributed by atoms with E-state index in [1.54, 1.807) is 18.3 Å². The molecular weight excluding hydrogens is 315 g/mol. The first-order valence-corrected chi connectivity index (χ1v) is 7.70. The van der Waals surface area contributed by atoms with Crippen molar-refractivity contribution in [2.24, 2.45) is 0 Å². The molecule has 0 saturated carbocycles. The van der Waals surface area contributed by atoms with Crippen LogP contribution in [0.1, 0.15) is 18.2 Å². The van der Waals surface area contributed by atoms with Crippen molar-refractivity contribution in [2.75, 3.05) is 5.75 Å². The van der Waals surface area contributed by atoms with Crippen LogP contribution >= 0.6 is 23.4 Å². The molecule has 0 aliphatic carbocycles. The molecule has 0 saturated heterocycles. The minimum absolute atomic E-state index is 0.0512. The van der Waals surface area contributed by atoms with E-state index in [2.05, 4.69) is 4.98 Å². The normalized spacial score (nSPS) is 10.8. The van der Waals surface area contributed by atoms with Gasteiger partial charge < -0.3 is 9.67 Å². The molecule has 1 N–H and O–H groups in total. The van der Waals surface area contributed by atoms with E-state index in [4.69, 9.17) is 16.7 Å². The van der Waals surface area contributed by atoms with Crippen molar-refractivity contribution in [3.8, 4) is 0 Å². The molecule has 2 aromatic rings. The maximum absolute atomic E-state index is 13.2. The Hall–Kier alpha value is -1.53. The van der Waals surface area contributed by atoms with Gasteiger partial charge in [-0.1, -0.05) is 36.4 Å². The Morgan fingerprint density at radius 1 is 1.52 bits per heavy atom. The second-order valence-corrected chi connectivity index (χ2v) is 5.75. The van der Waals surface area contributed by atoms with Gasteiger partial charge in [0, 0.05) is 18.4 Å². The summed E-state index contributed by atoms with van der Waals surface area (Å²) in [6, 6.07) is 4.55. The third kappa shape index (κ3) is 3.98. The van der Waals surface area contributed by atoms with E-state index in [0.29, 0.717) is 11.7 Å². The molecule has 0 spiro atoms. The average molecular weight is 329 g/mol. The summed E-state index contributed by atoms with van der Waals surface area (Å²) in [7, 11) is 0. The highest BCUT2D eigenvalue weighted by Crippen LogP contribution is 2.22. The summed E-state index contributed by atoms with van der Waals surface area (Å²) in [6.07, 6.45) is 2.50. The number of carboxylic acids is 1. The number of hydrogen-bond donors (Lipinski definition) is 1. The van der Waals surface area contributed by atoms with Crippen LogP contribution in [-0.4, -0.2) is 26.4 Å². The molecule has 0 aliphatic heterocycles. The van der Waals surface area contributed by atoms with Crippen LogP contribution < -0.4 is 0 Å². The molecule has 1 aromatic heterocycles. The smallest absolute Gasteiger partial charge is 0.313 e. The predicted molar refractivity (Wildman–Crippen MR) is 80.5 cm³/mol. The quantitative estimate of drug-likeness (QED) is 0.825. The summed E-state index contributed by atoms with van der Waals surface area (Å²) in [6.45, 7) is 2.47. The number of carbonyl (C=O) groups is 1. The number of carboxylic acid groups (broad SMARTS) is 1. The van der Waals surface area contributed by atoms with E-state index in [1.165, 1.54) is 6.07 Å². The maximum atomic E-state index is 13.2. The fraction of sp³-hybridized carbons (Fsp3) is 0.286. The van der Waals surface area contributed by atoms with Gasteiger partial charge in [0.1, 0.15) is 5.82 Å². The van der Waals surface area contributed by atoms with Crippen molar-refractivity contribution >= 4 is 29.3 Å². The van der Waals surface area contributed by atoms with Crippen LogP contribution in [0.15, 0.2) is 29.6 Å². The summed E-state index contributed by atoms with van der Waals surface area (Å²) in [5, 5.41) is 9.48. The topological polar surface area (TPSA) is 55.1 Å². The van der Waals surface area contributed by atoms with Gasteiger partial charge in [-0.3, -0.25) is 4.79 Å². The third-order valence-electron chi connectivity index (χ3n) is 2.91. The minimum Gasteiger partial charge on any atom is -0.481 e. The van der Waals surface area contributed by atoms with Crippen LogP contribution in [0.5, 0.6) is 0 Å². The van der Waals surface area contributed by atoms with Crippen LogP contribution in [0.25, 0.3) is 0 Å². The zero-order valence-electron chi connectivity index (χ0n) is 11.3. The molecule has 4 nitrogen and oxygen atoms in total. The largest absolute Gasteiger partial charge is 0.481 e. The fourth-order valence-corrected chi connectivity index (χ4v) is 2.83. The third-order valence-corrected chi connectivity index (χ3v) is 4.18. The molecule has 112 valence electrons. The van der Waals surface area contributed by atoms with Crippen LogP contribution in [-0.2, 0) is 17.8 Å². The van der Waals surface area contributed by atoms with Gasteiger partial charge >= 0.3 is 5.97 Å². The van der Waals surface area contributed by atoms with Crippen molar-refractivity contribution in [1.82, 2.24) is 9.55 Å². The first-order valence-electron chi connectivity index (χ1n) is 6.34. The summed E-state index contributed by atoms with van der Waals surface area (Å²) >= 11 is 6.95. The monoisotopic (exact) mass is 328 g/mol. The van der Waals surface area contributed by atoms with Gasteiger partial charge in [0.25, 0.3) is 0 Å². The molecule has 0 atom stereocenters. The summed E-state index contributed by atoms with van der Waals surface area (Å²) < 4.78 is 15.1. The molecule has 0 unspecified atom stereocenters. The fourth-order valence-electron chi connectivity index (χ4n) is 1.91. The second kappa shape index (κ2) is 6.95. The van der Waals surface area contributed by atoms with Gasteiger partial charge in [0.05, 0.1) is 10.8 Å². The lowest BCUT2D eigenvalue weighted by Crippen LogP contribution is -2.07. The lowest BCUT2D eigenvalue weighted by atomic mass is 10.2. The summed E-state index contributed by atoms with van der Waals surface area (Å²) in [5.74, 6) is -1.40. The molecule has 0 bridgehead atoms. The first-order chi connectivity index (χ1) is 10.0. The van der Waals surface area contributed by atoms with E-state index in [0.717, 1.165) is 29.4 Å². The molecule has 1 aromatic carbocycles. The first kappa shape index (κ1) is 15.9. The van der Waals surface area contributed by atoms with Gasteiger partial charge in [-0.25, -0.2) is 9.37 Å². The van der Waals surface area contributed by atoms with E-state index >= 15 is 0 Å². The molecule has 0 amide bonds. The standard InChI is InChI=1S/C14H14ClFN2O2S/c1-2-10-6-17-14(21-8-13(19)20)18(10)7-9-3-4-12(16)11(15)5-9/h3-6H,2,7-8H2,1H3,(H,19,20). The highest BCUT2D eigenvalue weighted by atomic mass is 35.5. The molecular formula is C14H14ClFN2O2S. The second-order valence-electron chi connectivity index (χ2n) is 4.40. The lowest BCUT2D eigenvalue weighted by molar-refractivity contribution is -0.133. The van der Waals surface area contributed by atoms with E-state index in [1.807, 2.05) is 11.5 Å². The highest BCUT2D eigenvalue weighted by Gasteiger charge is 2.12. The number of aliphatic carboxylic acids is 1. The van der Waals surface area contributed by atoms with Gasteiger partial charge in [0.15, 0.2) is 5.16 Å². The number of aryl methyl sites for hydroxylation is 1. The van der Waals surface area contributed by atoms with Gasteiger partial charge in [-0.05, 0) is 24.1 Å². The number of imidazole rings is 1. The van der Waals surface area contributed by atoms with Crippen molar-refractivity contribution in [3.63, 3.8) is 0 Å². The Bertz CT molecular complexity index is 660. The molecule has 0 radical (unpaired) electrons. The predicted octanol–water partition coefficient (Wildman–Crippen LogP) is 3.46. The molecule has 1 heterocycles. The van der Waals surface area contributed by atoms with Crippen LogP contribution in [0.3, 0.4) is 0 Å². The van der Waals surface area contributed by atoms with Crippen molar-refractivity contribution in [1.29, 1.82) is 0 Å². The summed E-state index contributed by atoms with van der Waals surface area (Å²) in [5.41, 5.74) is 1.83. The van der Waals surface area contributed by atoms with Gasteiger partial charge in [-0.15, -0.1) is 0 Å². The Morgan fingerprint density at radius 2 is 2.29 bits per heavy atom. The average Bonchev–Trinajstić information content (AvgIpc) is 2.82. The SMILES string of the molecule is CCc1cnc(SCC(=O)O)n1Cc1ccc(F)c(Cl)c1. The van der Waals surface area contributed by atoms with Crippen LogP contribution in [0.4, 0.5) is 4.39 Å². The molecule has 21 heavy (non-hydrogen) atoms. The molecule has 0 fully saturated rings. The number of thioether (sulfide) groups is 1. The number of benzene rings is 1. The van der Waals surface area contributed by atoms with Gasteiger partial charge in [-0.2, -0.15) is 0 Å². The molecule has 7 heteroatoms. The Kier molecular flexibility index (Phi) is 5.25. The minimum atomic E-state index is -0.891. The number of nitrogens with zero attached hydrogens (tertiary/aromatic N) is 2. The maximum Gasteiger partial charge on any atom is 0.313 e. The van der Waals surface area contributed by atoms with Crippen molar-refractivity contribution in [2.45, 2.75) is 25.0 Å². The zero-order valence-corrected chi connectivity index (χ0v) is 12.9. The van der Waals surface area contributed by atoms with Crippen LogP contribution in [0.2, 0.25) is 5.02 Å². The molecule has 2 rings (SSSR count). The van der Waals surface area contributed by atoms with Crippen LogP contribution in [0, 0.1) is 5.82 Å². The number of hydrogen-bond acceptors (Lipinski definition) is 3. The Labute approximate surface area is 130 Å². The molecule has 0 aliphatic rings. The zero-order chi connectivity index (χ0) is 15.4.